The summed E-state index contributed by atoms with van der Waals surface area (Å²) in [5.74, 6) is -0.0181. The van der Waals surface area contributed by atoms with Gasteiger partial charge in [0.2, 0.25) is 0 Å². The molecule has 0 saturated carbocycles. The van der Waals surface area contributed by atoms with Gasteiger partial charge in [0.15, 0.2) is 11.3 Å². The molecule has 3 rings (SSSR count). The quantitative estimate of drug-likeness (QED) is 0.670. The normalized spacial score (nSPS) is 25.8. The summed E-state index contributed by atoms with van der Waals surface area (Å²) in [5.41, 5.74) is 0. The average molecular weight is 387 g/mol. The van der Waals surface area contributed by atoms with Crippen molar-refractivity contribution in [3.05, 3.63) is 12.5 Å². The molecule has 148 valence electrons. The van der Waals surface area contributed by atoms with Gasteiger partial charge in [-0.05, 0) is 19.4 Å². The van der Waals surface area contributed by atoms with E-state index in [-0.39, 0.29) is 23.3 Å². The highest BCUT2D eigenvalue weighted by Gasteiger charge is 2.44. The Bertz CT molecular complexity index is 672. The number of hydrogen-bond donors (Lipinski definition) is 1. The summed E-state index contributed by atoms with van der Waals surface area (Å²) in [6, 6.07) is 0.0217. The van der Waals surface area contributed by atoms with E-state index in [1.807, 2.05) is 0 Å². The molecule has 1 N–H and O–H groups in total. The molecule has 8 nitrogen and oxygen atoms in total. The first kappa shape index (κ1) is 19.8. The zero-order chi connectivity index (χ0) is 18.6. The van der Waals surface area contributed by atoms with E-state index in [4.69, 9.17) is 9.47 Å². The van der Waals surface area contributed by atoms with E-state index in [0.717, 1.165) is 32.2 Å². The summed E-state index contributed by atoms with van der Waals surface area (Å²) >= 11 is 0. The lowest BCUT2D eigenvalue weighted by molar-refractivity contribution is -0.205. The fourth-order valence-electron chi connectivity index (χ4n) is 3.55. The number of unbranched alkanes of at least 4 members (excludes halogenated alkanes) is 2. The summed E-state index contributed by atoms with van der Waals surface area (Å²) in [6.45, 7) is 5.17. The number of rotatable bonds is 8. The molecule has 2 aliphatic heterocycles. The molecule has 0 amide bonds. The van der Waals surface area contributed by atoms with Crippen LogP contribution < -0.4 is 5.32 Å². The first-order valence-corrected chi connectivity index (χ1v) is 10.9. The summed E-state index contributed by atoms with van der Waals surface area (Å²) in [4.78, 5) is 4.03. The van der Waals surface area contributed by atoms with Gasteiger partial charge in [-0.25, -0.2) is 13.4 Å². The molecule has 0 unspecified atom stereocenters. The fourth-order valence-corrected chi connectivity index (χ4v) is 5.02. The molecule has 0 bridgehead atoms. The highest BCUT2D eigenvalue weighted by atomic mass is 32.2. The van der Waals surface area contributed by atoms with E-state index >= 15 is 0 Å². The molecule has 1 aromatic heterocycles. The van der Waals surface area contributed by atoms with Crippen molar-refractivity contribution < 1.29 is 17.9 Å². The molecule has 0 radical (unpaired) electrons. The van der Waals surface area contributed by atoms with Gasteiger partial charge >= 0.3 is 0 Å². The molecular formula is C17H30N4O4S. The van der Waals surface area contributed by atoms with Crippen LogP contribution in [-0.4, -0.2) is 67.5 Å². The van der Waals surface area contributed by atoms with Crippen LogP contribution >= 0.6 is 0 Å². The van der Waals surface area contributed by atoms with E-state index in [0.29, 0.717) is 26.3 Å². The van der Waals surface area contributed by atoms with Crippen LogP contribution in [0.4, 0.5) is 0 Å². The van der Waals surface area contributed by atoms with Gasteiger partial charge < -0.3 is 19.4 Å². The van der Waals surface area contributed by atoms with Crippen molar-refractivity contribution in [3.8, 4) is 0 Å². The van der Waals surface area contributed by atoms with Crippen LogP contribution in [0, 0.1) is 5.92 Å². The second kappa shape index (κ2) is 8.79. The molecule has 2 saturated heterocycles. The molecule has 2 atom stereocenters. The van der Waals surface area contributed by atoms with Crippen LogP contribution in [0.5, 0.6) is 0 Å². The molecular weight excluding hydrogens is 356 g/mol. The van der Waals surface area contributed by atoms with Crippen molar-refractivity contribution in [1.29, 1.82) is 0 Å². The van der Waals surface area contributed by atoms with Crippen LogP contribution in [0.15, 0.2) is 17.6 Å². The van der Waals surface area contributed by atoms with Crippen LogP contribution in [0.25, 0.3) is 0 Å². The maximum absolute atomic E-state index is 12.9. The predicted molar refractivity (Wildman–Crippen MR) is 97.1 cm³/mol. The topological polar surface area (TPSA) is 85.7 Å². The van der Waals surface area contributed by atoms with E-state index in [2.05, 4.69) is 17.2 Å². The number of aryl methyl sites for hydroxylation is 1. The average Bonchev–Trinajstić information content (AvgIpc) is 3.27. The Morgan fingerprint density at radius 3 is 2.69 bits per heavy atom. The maximum atomic E-state index is 12.9. The van der Waals surface area contributed by atoms with Gasteiger partial charge in [-0.3, -0.25) is 0 Å². The maximum Gasteiger partial charge on any atom is 0.262 e. The number of nitrogens with zero attached hydrogens (tertiary/aromatic N) is 3. The third-order valence-electron chi connectivity index (χ3n) is 5.01. The molecule has 26 heavy (non-hydrogen) atoms. The Labute approximate surface area is 155 Å². The van der Waals surface area contributed by atoms with Gasteiger partial charge in [0, 0.05) is 38.3 Å². The second-order valence-electron chi connectivity index (χ2n) is 7.09. The smallest absolute Gasteiger partial charge is 0.262 e. The standard InChI is InChI=1S/C17H30N4O4S/c1-3-4-5-7-18-15-11-21(10-14(15)17-24-8-6-9-25-17)26(22,23)16-12-20(2)13-19-16/h12-15,17-18H,3-11H2,1-2H3/t14-,15+/m1/s1. The fraction of sp³-hybridized carbons (Fsp3) is 0.824. The van der Waals surface area contributed by atoms with Gasteiger partial charge in [-0.1, -0.05) is 19.8 Å². The zero-order valence-electron chi connectivity index (χ0n) is 15.6. The molecule has 0 aliphatic carbocycles. The van der Waals surface area contributed by atoms with Crippen molar-refractivity contribution in [3.63, 3.8) is 0 Å². The van der Waals surface area contributed by atoms with Gasteiger partial charge in [-0.2, -0.15) is 4.31 Å². The molecule has 0 aromatic carbocycles. The van der Waals surface area contributed by atoms with E-state index < -0.39 is 10.0 Å². The van der Waals surface area contributed by atoms with Crippen molar-refractivity contribution in [2.24, 2.45) is 13.0 Å². The number of ether oxygens (including phenoxy) is 2. The van der Waals surface area contributed by atoms with Crippen molar-refractivity contribution in [1.82, 2.24) is 19.2 Å². The highest BCUT2D eigenvalue weighted by Crippen LogP contribution is 2.29. The SMILES string of the molecule is CCCCCN[C@H]1CN(S(=O)(=O)c2cn(C)cn2)C[C@H]1C1OCCCO1. The monoisotopic (exact) mass is 386 g/mol. The van der Waals surface area contributed by atoms with Crippen LogP contribution in [-0.2, 0) is 26.5 Å². The zero-order valence-corrected chi connectivity index (χ0v) is 16.5. The van der Waals surface area contributed by atoms with Gasteiger partial charge in [0.25, 0.3) is 10.0 Å². The highest BCUT2D eigenvalue weighted by molar-refractivity contribution is 7.89. The molecule has 2 aliphatic rings. The van der Waals surface area contributed by atoms with Crippen molar-refractivity contribution in [2.45, 2.75) is 50.0 Å². The number of sulfonamides is 1. The van der Waals surface area contributed by atoms with Gasteiger partial charge in [0.05, 0.1) is 19.5 Å². The van der Waals surface area contributed by atoms with Crippen molar-refractivity contribution in [2.75, 3.05) is 32.8 Å². The summed E-state index contributed by atoms with van der Waals surface area (Å²) in [7, 11) is -1.84. The van der Waals surface area contributed by atoms with Gasteiger partial charge in [-0.15, -0.1) is 0 Å². The first-order chi connectivity index (χ1) is 12.5. The van der Waals surface area contributed by atoms with Crippen LogP contribution in [0.3, 0.4) is 0 Å². The molecule has 1 aromatic rings. The Kier molecular flexibility index (Phi) is 6.68. The minimum Gasteiger partial charge on any atom is -0.352 e. The lowest BCUT2D eigenvalue weighted by Gasteiger charge is -2.31. The Morgan fingerprint density at radius 2 is 2.04 bits per heavy atom. The minimum atomic E-state index is -3.61. The Morgan fingerprint density at radius 1 is 1.27 bits per heavy atom. The lowest BCUT2D eigenvalue weighted by atomic mass is 10.0. The minimum absolute atomic E-state index is 0.0181. The van der Waals surface area contributed by atoms with Crippen LogP contribution in [0.2, 0.25) is 0 Å². The summed E-state index contributed by atoms with van der Waals surface area (Å²) < 4.78 is 40.6. The third-order valence-corrected chi connectivity index (χ3v) is 6.72. The van der Waals surface area contributed by atoms with Gasteiger partial charge in [0.1, 0.15) is 0 Å². The molecule has 9 heteroatoms. The molecule has 0 spiro atoms. The Balaban J connectivity index is 1.71. The Hall–Kier alpha value is -1.00. The second-order valence-corrected chi connectivity index (χ2v) is 8.98. The third kappa shape index (κ3) is 4.45. The predicted octanol–water partition coefficient (Wildman–Crippen LogP) is 0.952. The summed E-state index contributed by atoms with van der Waals surface area (Å²) in [5, 5.41) is 3.62. The lowest BCUT2D eigenvalue weighted by Crippen LogP contribution is -2.45. The molecule has 2 fully saturated rings. The largest absolute Gasteiger partial charge is 0.352 e. The number of imidazole rings is 1. The number of hydrogen-bond acceptors (Lipinski definition) is 6. The molecule has 3 heterocycles. The van der Waals surface area contributed by atoms with Crippen LogP contribution in [0.1, 0.15) is 32.6 Å². The van der Waals surface area contributed by atoms with E-state index in [1.54, 1.807) is 17.8 Å². The summed E-state index contributed by atoms with van der Waals surface area (Å²) in [6.07, 6.45) is 6.99. The van der Waals surface area contributed by atoms with E-state index in [1.165, 1.54) is 10.6 Å². The first-order valence-electron chi connectivity index (χ1n) is 9.47. The number of nitrogens with one attached hydrogen (secondary N) is 1. The van der Waals surface area contributed by atoms with Crippen molar-refractivity contribution >= 4 is 10.0 Å². The van der Waals surface area contributed by atoms with E-state index in [9.17, 15) is 8.42 Å². The number of aromatic nitrogens is 2.